The van der Waals surface area contributed by atoms with Gasteiger partial charge in [0.05, 0.1) is 10.4 Å². The van der Waals surface area contributed by atoms with Crippen molar-refractivity contribution in [3.8, 4) is 0 Å². The van der Waals surface area contributed by atoms with E-state index < -0.39 is 15.6 Å². The molecule has 0 unspecified atom stereocenters. The molecule has 1 aliphatic heterocycles. The molecular formula is C24H29N5O5S. The van der Waals surface area contributed by atoms with Gasteiger partial charge in [-0.2, -0.15) is 5.10 Å². The molecule has 1 aliphatic rings. The summed E-state index contributed by atoms with van der Waals surface area (Å²) < 4.78 is 33.3. The first-order valence-corrected chi connectivity index (χ1v) is 12.8. The number of nitrogens with one attached hydrogen (secondary N) is 3. The zero-order valence-corrected chi connectivity index (χ0v) is 20.7. The van der Waals surface area contributed by atoms with Crippen LogP contribution in [0.4, 0.5) is 10.6 Å². The van der Waals surface area contributed by atoms with Crippen molar-refractivity contribution in [3.05, 3.63) is 54.1 Å². The number of aromatic amines is 1. The Balaban J connectivity index is 1.42. The maximum absolute atomic E-state index is 12.9. The van der Waals surface area contributed by atoms with Gasteiger partial charge >= 0.3 is 6.09 Å². The van der Waals surface area contributed by atoms with Crippen molar-refractivity contribution in [2.24, 2.45) is 0 Å². The number of carbonyl (C=O) groups is 2. The highest BCUT2D eigenvalue weighted by atomic mass is 32.2. The standard InChI is InChI=1S/C24H29N5O5S/c1-24(2,3)34-23(31)29-13-11-17(12-14-29)25-22(30)16-9-10-20-19(15-16)21(27-26-20)28-35(32,33)18-7-5-4-6-8-18/h4-10,15,17H,11-14H2,1-3H3,(H,25,30)(H2,26,27,28). The van der Waals surface area contributed by atoms with Crippen molar-refractivity contribution in [2.75, 3.05) is 17.8 Å². The van der Waals surface area contributed by atoms with Crippen LogP contribution in [-0.2, 0) is 14.8 Å². The zero-order valence-electron chi connectivity index (χ0n) is 19.9. The van der Waals surface area contributed by atoms with Gasteiger partial charge in [0.2, 0.25) is 0 Å². The molecule has 4 rings (SSSR count). The molecule has 2 amide bonds. The van der Waals surface area contributed by atoms with Crippen LogP contribution in [0.15, 0.2) is 53.4 Å². The highest BCUT2D eigenvalue weighted by Gasteiger charge is 2.28. The number of hydrogen-bond donors (Lipinski definition) is 3. The smallest absolute Gasteiger partial charge is 0.410 e. The Morgan fingerprint density at radius 1 is 1.09 bits per heavy atom. The number of rotatable bonds is 5. The number of anilines is 1. The fraction of sp³-hybridized carbons (Fsp3) is 0.375. The van der Waals surface area contributed by atoms with Crippen LogP contribution in [0.3, 0.4) is 0 Å². The molecule has 0 bridgehead atoms. The van der Waals surface area contributed by atoms with Gasteiger partial charge in [0.1, 0.15) is 5.60 Å². The Bertz CT molecular complexity index is 1320. The molecule has 0 aliphatic carbocycles. The van der Waals surface area contributed by atoms with E-state index in [-0.39, 0.29) is 28.8 Å². The van der Waals surface area contributed by atoms with E-state index in [1.54, 1.807) is 41.3 Å². The summed E-state index contributed by atoms with van der Waals surface area (Å²) in [6.07, 6.45) is 0.875. The van der Waals surface area contributed by atoms with Gasteiger partial charge in [-0.05, 0) is 63.9 Å². The van der Waals surface area contributed by atoms with Crippen molar-refractivity contribution < 1.29 is 22.7 Å². The molecule has 10 nitrogen and oxygen atoms in total. The maximum atomic E-state index is 12.9. The summed E-state index contributed by atoms with van der Waals surface area (Å²) in [6.45, 7) is 6.46. The Morgan fingerprint density at radius 2 is 1.77 bits per heavy atom. The molecule has 186 valence electrons. The van der Waals surface area contributed by atoms with Gasteiger partial charge in [-0.25, -0.2) is 13.2 Å². The van der Waals surface area contributed by atoms with Crippen LogP contribution in [0, 0.1) is 0 Å². The third-order valence-electron chi connectivity index (χ3n) is 5.59. The topological polar surface area (TPSA) is 133 Å². The molecule has 3 N–H and O–H groups in total. The molecular weight excluding hydrogens is 470 g/mol. The van der Waals surface area contributed by atoms with Crippen LogP contribution >= 0.6 is 0 Å². The van der Waals surface area contributed by atoms with Crippen LogP contribution in [0.25, 0.3) is 10.9 Å². The minimum atomic E-state index is -3.83. The van der Waals surface area contributed by atoms with Crippen LogP contribution < -0.4 is 10.0 Å². The molecule has 1 saturated heterocycles. The molecule has 11 heteroatoms. The summed E-state index contributed by atoms with van der Waals surface area (Å²) in [7, 11) is -3.83. The van der Waals surface area contributed by atoms with E-state index in [1.165, 1.54) is 12.1 Å². The summed E-state index contributed by atoms with van der Waals surface area (Å²) in [5, 5.41) is 10.3. The molecule has 0 radical (unpaired) electrons. The van der Waals surface area contributed by atoms with E-state index in [4.69, 9.17) is 4.74 Å². The summed E-state index contributed by atoms with van der Waals surface area (Å²) in [4.78, 5) is 26.9. The molecule has 0 saturated carbocycles. The van der Waals surface area contributed by atoms with Gasteiger partial charge in [0, 0.05) is 30.1 Å². The maximum Gasteiger partial charge on any atom is 0.410 e. The summed E-state index contributed by atoms with van der Waals surface area (Å²) >= 11 is 0. The number of benzene rings is 2. The average Bonchev–Trinajstić information content (AvgIpc) is 3.20. The number of amides is 2. The van der Waals surface area contributed by atoms with E-state index in [0.29, 0.717) is 42.4 Å². The van der Waals surface area contributed by atoms with E-state index >= 15 is 0 Å². The van der Waals surface area contributed by atoms with Crippen LogP contribution in [0.1, 0.15) is 44.0 Å². The second kappa shape index (κ2) is 9.57. The molecule has 35 heavy (non-hydrogen) atoms. The minimum absolute atomic E-state index is 0.0858. The highest BCUT2D eigenvalue weighted by molar-refractivity contribution is 7.92. The Hall–Kier alpha value is -3.60. The summed E-state index contributed by atoms with van der Waals surface area (Å²) in [5.74, 6) is -0.162. The molecule has 1 aromatic heterocycles. The largest absolute Gasteiger partial charge is 0.444 e. The number of ether oxygens (including phenoxy) is 1. The first kappa shape index (κ1) is 24.5. The second-order valence-corrected chi connectivity index (χ2v) is 11.1. The summed E-state index contributed by atoms with van der Waals surface area (Å²) in [6, 6.07) is 12.8. The third kappa shape index (κ3) is 5.91. The first-order valence-electron chi connectivity index (χ1n) is 11.4. The van der Waals surface area contributed by atoms with E-state index in [2.05, 4.69) is 20.2 Å². The Labute approximate surface area is 204 Å². The first-order chi connectivity index (χ1) is 16.5. The lowest BCUT2D eigenvalue weighted by molar-refractivity contribution is 0.0199. The predicted octanol–water partition coefficient (Wildman–Crippen LogP) is 3.49. The number of fused-ring (bicyclic) bond motifs is 1. The Morgan fingerprint density at radius 3 is 2.43 bits per heavy atom. The molecule has 2 heterocycles. The fourth-order valence-electron chi connectivity index (χ4n) is 3.82. The monoisotopic (exact) mass is 499 g/mol. The molecule has 0 spiro atoms. The van der Waals surface area contributed by atoms with Crippen LogP contribution in [-0.4, -0.2) is 60.2 Å². The minimum Gasteiger partial charge on any atom is -0.444 e. The highest BCUT2D eigenvalue weighted by Crippen LogP contribution is 2.25. The van der Waals surface area contributed by atoms with Gasteiger partial charge in [0.25, 0.3) is 15.9 Å². The van der Waals surface area contributed by atoms with Crippen LogP contribution in [0.5, 0.6) is 0 Å². The zero-order chi connectivity index (χ0) is 25.2. The van der Waals surface area contributed by atoms with E-state index in [9.17, 15) is 18.0 Å². The van der Waals surface area contributed by atoms with Gasteiger partial charge in [0.15, 0.2) is 5.82 Å². The number of carbonyl (C=O) groups excluding carboxylic acids is 2. The second-order valence-electron chi connectivity index (χ2n) is 9.47. The van der Waals surface area contributed by atoms with Crippen LogP contribution in [0.2, 0.25) is 0 Å². The SMILES string of the molecule is CC(C)(C)OC(=O)N1CCC(NC(=O)c2ccc3[nH]nc(NS(=O)(=O)c4ccccc4)c3c2)CC1. The number of sulfonamides is 1. The van der Waals surface area contributed by atoms with Crippen molar-refractivity contribution in [3.63, 3.8) is 0 Å². The van der Waals surface area contributed by atoms with Gasteiger partial charge in [-0.15, -0.1) is 0 Å². The van der Waals surface area contributed by atoms with Gasteiger partial charge in [-0.1, -0.05) is 18.2 Å². The van der Waals surface area contributed by atoms with Crippen molar-refractivity contribution in [2.45, 2.75) is 50.2 Å². The van der Waals surface area contributed by atoms with Gasteiger partial charge in [-0.3, -0.25) is 14.6 Å². The average molecular weight is 500 g/mol. The van der Waals surface area contributed by atoms with Crippen molar-refractivity contribution in [1.82, 2.24) is 20.4 Å². The quantitative estimate of drug-likeness (QED) is 0.492. The number of hydrogen-bond acceptors (Lipinski definition) is 6. The van der Waals surface area contributed by atoms with Crippen molar-refractivity contribution >= 4 is 38.7 Å². The summed E-state index contributed by atoms with van der Waals surface area (Å²) in [5.41, 5.74) is 0.425. The Kier molecular flexibility index (Phi) is 6.70. The molecule has 1 fully saturated rings. The lowest BCUT2D eigenvalue weighted by atomic mass is 10.0. The molecule has 2 aromatic carbocycles. The van der Waals surface area contributed by atoms with Crippen molar-refractivity contribution in [1.29, 1.82) is 0 Å². The lowest BCUT2D eigenvalue weighted by Gasteiger charge is -2.33. The molecule has 0 atom stereocenters. The van der Waals surface area contributed by atoms with Gasteiger partial charge < -0.3 is 15.0 Å². The molecule has 3 aromatic rings. The normalized spacial score (nSPS) is 15.1. The third-order valence-corrected chi connectivity index (χ3v) is 6.95. The number of H-pyrrole nitrogens is 1. The number of aromatic nitrogens is 2. The number of nitrogens with zero attached hydrogens (tertiary/aromatic N) is 2. The number of piperidine rings is 1. The van der Waals surface area contributed by atoms with E-state index in [0.717, 1.165) is 0 Å². The van der Waals surface area contributed by atoms with E-state index in [1.807, 2.05) is 20.8 Å². The number of likely N-dealkylation sites (tertiary alicyclic amines) is 1. The predicted molar refractivity (Wildman–Crippen MR) is 132 cm³/mol. The fourth-order valence-corrected chi connectivity index (χ4v) is 4.86. The lowest BCUT2D eigenvalue weighted by Crippen LogP contribution is -2.47.